The van der Waals surface area contributed by atoms with Crippen LogP contribution < -0.4 is 0 Å². The Kier molecular flexibility index (Phi) is 3.91. The minimum Gasteiger partial charge on any atom is -0.270 e. The Hall–Kier alpha value is -0.140. The molecule has 0 saturated carbocycles. The van der Waals surface area contributed by atoms with Gasteiger partial charge >= 0.3 is 0 Å². The summed E-state index contributed by atoms with van der Waals surface area (Å²) in [4.78, 5) is 0. The molecule has 1 rings (SSSR count). The van der Waals surface area contributed by atoms with Crippen molar-refractivity contribution in [2.75, 3.05) is 5.75 Å². The van der Waals surface area contributed by atoms with E-state index in [0.29, 0.717) is 14.8 Å². The second kappa shape index (κ2) is 4.59. The van der Waals surface area contributed by atoms with Gasteiger partial charge in [-0.15, -0.1) is 6.58 Å². The van der Waals surface area contributed by atoms with Gasteiger partial charge in [0.15, 0.2) is 9.84 Å². The van der Waals surface area contributed by atoms with E-state index in [1.54, 1.807) is 0 Å². The summed E-state index contributed by atoms with van der Waals surface area (Å²) < 4.78 is 24.0. The fourth-order valence-electron chi connectivity index (χ4n) is 0.905. The molecule has 0 bridgehead atoms. The first kappa shape index (κ1) is 11.9. The fraction of sp³-hybridized carbons (Fsp3) is 0.286. The van der Waals surface area contributed by atoms with E-state index in [4.69, 9.17) is 0 Å². The van der Waals surface area contributed by atoms with Gasteiger partial charge in [0.05, 0.1) is 11.5 Å². The predicted molar refractivity (Wildman–Crippen MR) is 61.7 cm³/mol. The number of nitrogens with one attached hydrogen (secondary N) is 1. The Morgan fingerprint density at radius 2 is 2.14 bits per heavy atom. The van der Waals surface area contributed by atoms with E-state index < -0.39 is 9.84 Å². The highest BCUT2D eigenvalue weighted by molar-refractivity contribution is 9.11. The molecular formula is C7H8Br2N2O2S. The summed E-state index contributed by atoms with van der Waals surface area (Å²) in [6.45, 7) is 3.39. The molecule has 1 aromatic rings. The van der Waals surface area contributed by atoms with E-state index in [1.807, 2.05) is 0 Å². The van der Waals surface area contributed by atoms with Crippen molar-refractivity contribution in [3.63, 3.8) is 0 Å². The number of nitrogens with zero attached hydrogens (tertiary/aromatic N) is 1. The SMILES string of the molecule is C=CCS(=O)(=O)Cc1c(Br)n[nH]c1Br. The van der Waals surface area contributed by atoms with Crippen molar-refractivity contribution in [1.29, 1.82) is 0 Å². The summed E-state index contributed by atoms with van der Waals surface area (Å²) in [5, 5.41) is 6.45. The van der Waals surface area contributed by atoms with Crippen LogP contribution in [0.3, 0.4) is 0 Å². The molecule has 7 heteroatoms. The minimum atomic E-state index is -3.14. The summed E-state index contributed by atoms with van der Waals surface area (Å²) in [5.41, 5.74) is 0.604. The Labute approximate surface area is 99.0 Å². The smallest absolute Gasteiger partial charge is 0.158 e. The molecule has 0 amide bonds. The van der Waals surface area contributed by atoms with Crippen LogP contribution in [0, 0.1) is 0 Å². The number of sulfone groups is 1. The molecule has 1 heterocycles. The van der Waals surface area contributed by atoms with Gasteiger partial charge < -0.3 is 0 Å². The largest absolute Gasteiger partial charge is 0.270 e. The normalized spacial score (nSPS) is 11.6. The van der Waals surface area contributed by atoms with Crippen LogP contribution in [0.15, 0.2) is 21.9 Å². The zero-order valence-corrected chi connectivity index (χ0v) is 11.1. The topological polar surface area (TPSA) is 62.8 Å². The van der Waals surface area contributed by atoms with Crippen LogP contribution >= 0.6 is 31.9 Å². The monoisotopic (exact) mass is 342 g/mol. The lowest BCUT2D eigenvalue weighted by molar-refractivity contribution is 0.598. The first-order valence-corrected chi connectivity index (χ1v) is 7.06. The van der Waals surface area contributed by atoms with Gasteiger partial charge in [-0.25, -0.2) is 8.42 Å². The maximum absolute atomic E-state index is 11.4. The molecule has 0 aliphatic carbocycles. The van der Waals surface area contributed by atoms with Crippen LogP contribution in [-0.2, 0) is 15.6 Å². The maximum Gasteiger partial charge on any atom is 0.158 e. The first-order chi connectivity index (χ1) is 6.46. The highest BCUT2D eigenvalue weighted by atomic mass is 79.9. The number of rotatable bonds is 4. The molecule has 0 fully saturated rings. The number of H-pyrrole nitrogens is 1. The molecular weight excluding hydrogens is 336 g/mol. The molecule has 1 N–H and O–H groups in total. The number of halogens is 2. The molecule has 1 aromatic heterocycles. The van der Waals surface area contributed by atoms with E-state index in [9.17, 15) is 8.42 Å². The van der Waals surface area contributed by atoms with Crippen molar-refractivity contribution in [1.82, 2.24) is 10.2 Å². The second-order valence-electron chi connectivity index (χ2n) is 2.65. The molecule has 0 aliphatic heterocycles. The standard InChI is InChI=1S/C7H8Br2N2O2S/c1-2-3-14(12,13)4-5-6(8)10-11-7(5)9/h2H,1,3-4H2,(H,10,11). The molecule has 0 atom stereocenters. The van der Waals surface area contributed by atoms with Crippen LogP contribution in [0.5, 0.6) is 0 Å². The zero-order chi connectivity index (χ0) is 10.8. The zero-order valence-electron chi connectivity index (χ0n) is 7.13. The molecule has 0 aliphatic rings. The molecule has 0 saturated heterocycles. The van der Waals surface area contributed by atoms with Crippen molar-refractivity contribution in [3.8, 4) is 0 Å². The van der Waals surface area contributed by atoms with Gasteiger partial charge in [-0.1, -0.05) is 6.08 Å². The van der Waals surface area contributed by atoms with Gasteiger partial charge in [0, 0.05) is 5.56 Å². The van der Waals surface area contributed by atoms with Crippen molar-refractivity contribution < 1.29 is 8.42 Å². The molecule has 14 heavy (non-hydrogen) atoms. The van der Waals surface area contributed by atoms with E-state index in [1.165, 1.54) is 6.08 Å². The predicted octanol–water partition coefficient (Wildman–Crippen LogP) is 2.04. The summed E-state index contributed by atoms with van der Waals surface area (Å²) in [5.74, 6) is -0.0895. The third kappa shape index (κ3) is 2.93. The van der Waals surface area contributed by atoms with Gasteiger partial charge in [-0.2, -0.15) is 5.10 Å². The Bertz CT molecular complexity index is 419. The minimum absolute atomic E-state index is 0.0307. The van der Waals surface area contributed by atoms with Crippen LogP contribution in [0.25, 0.3) is 0 Å². The Morgan fingerprint density at radius 3 is 2.57 bits per heavy atom. The molecule has 0 spiro atoms. The molecule has 0 aromatic carbocycles. The second-order valence-corrected chi connectivity index (χ2v) is 6.30. The summed E-state index contributed by atoms with van der Waals surface area (Å²) in [6, 6.07) is 0. The number of aromatic nitrogens is 2. The Balaban J connectivity index is 2.94. The molecule has 0 radical (unpaired) electrons. The number of hydrogen-bond donors (Lipinski definition) is 1. The van der Waals surface area contributed by atoms with Gasteiger partial charge in [0.1, 0.15) is 9.21 Å². The third-order valence-electron chi connectivity index (χ3n) is 1.50. The van der Waals surface area contributed by atoms with Crippen LogP contribution in [0.4, 0.5) is 0 Å². The first-order valence-electron chi connectivity index (χ1n) is 3.66. The van der Waals surface area contributed by atoms with Crippen molar-refractivity contribution in [2.24, 2.45) is 0 Å². The van der Waals surface area contributed by atoms with Gasteiger partial charge in [-0.05, 0) is 31.9 Å². The summed E-state index contributed by atoms with van der Waals surface area (Å²) in [6.07, 6.45) is 1.37. The Morgan fingerprint density at radius 1 is 1.50 bits per heavy atom. The van der Waals surface area contributed by atoms with Gasteiger partial charge in [-0.3, -0.25) is 5.10 Å². The molecule has 4 nitrogen and oxygen atoms in total. The summed E-state index contributed by atoms with van der Waals surface area (Å²) >= 11 is 6.34. The average Bonchev–Trinajstić information content (AvgIpc) is 2.35. The van der Waals surface area contributed by atoms with Crippen LogP contribution in [0.2, 0.25) is 0 Å². The quantitative estimate of drug-likeness (QED) is 0.851. The molecule has 78 valence electrons. The lowest BCUT2D eigenvalue weighted by Crippen LogP contribution is -2.07. The lowest BCUT2D eigenvalue weighted by Gasteiger charge is -1.99. The average molecular weight is 344 g/mol. The van der Waals surface area contributed by atoms with Crippen molar-refractivity contribution in [2.45, 2.75) is 5.75 Å². The van der Waals surface area contributed by atoms with E-state index >= 15 is 0 Å². The highest BCUT2D eigenvalue weighted by Gasteiger charge is 2.17. The van der Waals surface area contributed by atoms with E-state index in [2.05, 4.69) is 48.6 Å². The van der Waals surface area contributed by atoms with Crippen molar-refractivity contribution in [3.05, 3.63) is 27.4 Å². The van der Waals surface area contributed by atoms with Crippen LogP contribution in [0.1, 0.15) is 5.56 Å². The van der Waals surface area contributed by atoms with E-state index in [-0.39, 0.29) is 11.5 Å². The maximum atomic E-state index is 11.4. The van der Waals surface area contributed by atoms with Gasteiger partial charge in [0.2, 0.25) is 0 Å². The summed E-state index contributed by atoms with van der Waals surface area (Å²) in [7, 11) is -3.14. The third-order valence-corrected chi connectivity index (χ3v) is 4.29. The highest BCUT2D eigenvalue weighted by Crippen LogP contribution is 2.24. The molecule has 0 unspecified atom stereocenters. The number of aromatic amines is 1. The van der Waals surface area contributed by atoms with Gasteiger partial charge in [0.25, 0.3) is 0 Å². The van der Waals surface area contributed by atoms with E-state index in [0.717, 1.165) is 0 Å². The fourth-order valence-corrected chi connectivity index (χ4v) is 3.58. The lowest BCUT2D eigenvalue weighted by atomic mass is 10.4. The number of hydrogen-bond acceptors (Lipinski definition) is 3. The van der Waals surface area contributed by atoms with Crippen molar-refractivity contribution >= 4 is 41.7 Å². The van der Waals surface area contributed by atoms with Crippen LogP contribution in [-0.4, -0.2) is 24.4 Å².